The van der Waals surface area contributed by atoms with E-state index in [9.17, 15) is 14.4 Å². The number of fused-ring (bicyclic) bond motifs is 1. The van der Waals surface area contributed by atoms with E-state index in [1.165, 1.54) is 17.5 Å². The lowest BCUT2D eigenvalue weighted by Gasteiger charge is -2.13. The lowest BCUT2D eigenvalue weighted by Crippen LogP contribution is -2.38. The Morgan fingerprint density at radius 1 is 1.23 bits per heavy atom. The van der Waals surface area contributed by atoms with Crippen LogP contribution in [0.4, 0.5) is 0 Å². The molecule has 2 aromatic heterocycles. The van der Waals surface area contributed by atoms with Gasteiger partial charge in [0.25, 0.3) is 11.8 Å². The summed E-state index contributed by atoms with van der Waals surface area (Å²) in [5, 5.41) is 4.63. The molecule has 0 radical (unpaired) electrons. The number of imide groups is 1. The quantitative estimate of drug-likeness (QED) is 0.838. The first-order valence-electron chi connectivity index (χ1n) is 6.77. The number of carbonyl (C=O) groups excluding carboxylic acids is 3. The van der Waals surface area contributed by atoms with E-state index in [1.807, 2.05) is 17.5 Å². The normalized spacial score (nSPS) is 13.4. The van der Waals surface area contributed by atoms with Crippen LogP contribution in [0.15, 0.2) is 35.8 Å². The molecule has 0 saturated heterocycles. The highest BCUT2D eigenvalue weighted by molar-refractivity contribution is 7.10. The summed E-state index contributed by atoms with van der Waals surface area (Å²) in [5.74, 6) is -0.897. The maximum Gasteiger partial charge on any atom is 0.280 e. The summed E-state index contributed by atoms with van der Waals surface area (Å²) in [6, 6.07) is 6.98. The van der Waals surface area contributed by atoms with E-state index in [2.05, 4.69) is 10.3 Å². The summed E-state index contributed by atoms with van der Waals surface area (Å²) in [6.07, 6.45) is 1.79. The van der Waals surface area contributed by atoms with E-state index in [4.69, 9.17) is 0 Å². The molecular weight excluding hydrogens is 302 g/mol. The van der Waals surface area contributed by atoms with Gasteiger partial charge in [-0.15, -0.1) is 11.3 Å². The van der Waals surface area contributed by atoms with E-state index >= 15 is 0 Å². The van der Waals surface area contributed by atoms with Crippen molar-refractivity contribution in [3.05, 3.63) is 52.0 Å². The average Bonchev–Trinajstić information content (AvgIpc) is 3.10. The molecule has 112 valence electrons. The van der Waals surface area contributed by atoms with E-state index < -0.39 is 5.91 Å². The fourth-order valence-corrected chi connectivity index (χ4v) is 2.96. The summed E-state index contributed by atoms with van der Waals surface area (Å²) in [5.41, 5.74) is 0.495. The van der Waals surface area contributed by atoms with Gasteiger partial charge in [0.2, 0.25) is 5.91 Å². The molecule has 3 heterocycles. The third-order valence-corrected chi connectivity index (χ3v) is 4.18. The van der Waals surface area contributed by atoms with Gasteiger partial charge in [-0.05, 0) is 23.6 Å². The second kappa shape index (κ2) is 6.07. The van der Waals surface area contributed by atoms with Crippen LogP contribution in [0.3, 0.4) is 0 Å². The number of carbonyl (C=O) groups is 3. The van der Waals surface area contributed by atoms with Crippen LogP contribution in [0, 0.1) is 0 Å². The number of hydrogen-bond acceptors (Lipinski definition) is 5. The highest BCUT2D eigenvalue weighted by Crippen LogP contribution is 2.19. The molecule has 22 heavy (non-hydrogen) atoms. The first-order chi connectivity index (χ1) is 10.7. The van der Waals surface area contributed by atoms with Crippen molar-refractivity contribution in [1.29, 1.82) is 0 Å². The predicted molar refractivity (Wildman–Crippen MR) is 80.6 cm³/mol. The summed E-state index contributed by atoms with van der Waals surface area (Å²) in [6.45, 7) is 0.375. The Kier molecular flexibility index (Phi) is 3.97. The van der Waals surface area contributed by atoms with Crippen LogP contribution < -0.4 is 5.32 Å². The monoisotopic (exact) mass is 315 g/mol. The zero-order valence-electron chi connectivity index (χ0n) is 11.6. The average molecular weight is 315 g/mol. The van der Waals surface area contributed by atoms with Gasteiger partial charge >= 0.3 is 0 Å². The van der Waals surface area contributed by atoms with Gasteiger partial charge < -0.3 is 5.32 Å². The van der Waals surface area contributed by atoms with Gasteiger partial charge in [-0.25, -0.2) is 0 Å². The van der Waals surface area contributed by atoms with E-state index in [-0.39, 0.29) is 30.6 Å². The molecule has 0 atom stereocenters. The maximum absolute atomic E-state index is 12.1. The van der Waals surface area contributed by atoms with Gasteiger partial charge in [-0.1, -0.05) is 6.07 Å². The minimum absolute atomic E-state index is 0.128. The first kappa shape index (κ1) is 14.4. The number of amides is 3. The topological polar surface area (TPSA) is 79.4 Å². The van der Waals surface area contributed by atoms with Crippen molar-refractivity contribution in [1.82, 2.24) is 15.2 Å². The number of thiophene rings is 1. The van der Waals surface area contributed by atoms with Gasteiger partial charge in [0, 0.05) is 24.2 Å². The molecule has 3 amide bonds. The molecule has 1 aliphatic heterocycles. The second-order valence-corrected chi connectivity index (χ2v) is 5.80. The largest absolute Gasteiger partial charge is 0.354 e. The molecule has 0 aromatic carbocycles. The van der Waals surface area contributed by atoms with Gasteiger partial charge in [-0.2, -0.15) is 0 Å². The molecule has 3 rings (SSSR count). The smallest absolute Gasteiger partial charge is 0.280 e. The summed E-state index contributed by atoms with van der Waals surface area (Å²) >= 11 is 1.51. The number of nitrogens with one attached hydrogen (secondary N) is 1. The Hall–Kier alpha value is -2.54. The van der Waals surface area contributed by atoms with Crippen molar-refractivity contribution >= 4 is 29.1 Å². The molecule has 0 spiro atoms. The molecule has 1 N–H and O–H groups in total. The zero-order valence-corrected chi connectivity index (χ0v) is 12.4. The minimum Gasteiger partial charge on any atom is -0.354 e. The summed E-state index contributed by atoms with van der Waals surface area (Å²) < 4.78 is 0. The van der Waals surface area contributed by atoms with Crippen LogP contribution in [0.25, 0.3) is 0 Å². The molecule has 0 bridgehead atoms. The molecule has 6 nitrogen and oxygen atoms in total. The van der Waals surface area contributed by atoms with Crippen LogP contribution >= 0.6 is 11.3 Å². The van der Waals surface area contributed by atoms with Crippen molar-refractivity contribution in [2.75, 3.05) is 13.1 Å². The van der Waals surface area contributed by atoms with Gasteiger partial charge in [0.15, 0.2) is 0 Å². The zero-order chi connectivity index (χ0) is 15.5. The Balaban J connectivity index is 1.54. The molecule has 0 unspecified atom stereocenters. The fourth-order valence-electron chi connectivity index (χ4n) is 2.26. The van der Waals surface area contributed by atoms with Crippen LogP contribution in [0.5, 0.6) is 0 Å². The third kappa shape index (κ3) is 2.75. The maximum atomic E-state index is 12.1. The SMILES string of the molecule is O=C(Cc1cccs1)NCCN1C(=O)c2cccnc2C1=O. The molecular formula is C15H13N3O3S. The first-order valence-corrected chi connectivity index (χ1v) is 7.65. The Labute approximate surface area is 130 Å². The standard InChI is InChI=1S/C15H13N3O3S/c19-12(9-10-3-2-8-22-10)16-6-7-18-14(20)11-4-1-5-17-13(11)15(18)21/h1-5,8H,6-7,9H2,(H,16,19). The Morgan fingerprint density at radius 2 is 2.09 bits per heavy atom. The lowest BCUT2D eigenvalue weighted by atomic mass is 10.2. The van der Waals surface area contributed by atoms with Gasteiger partial charge in [0.1, 0.15) is 5.69 Å². The lowest BCUT2D eigenvalue weighted by molar-refractivity contribution is -0.120. The van der Waals surface area contributed by atoms with Crippen molar-refractivity contribution in [3.63, 3.8) is 0 Å². The highest BCUT2D eigenvalue weighted by atomic mass is 32.1. The summed E-state index contributed by atoms with van der Waals surface area (Å²) in [4.78, 5) is 41.9. The van der Waals surface area contributed by atoms with Crippen molar-refractivity contribution in [2.24, 2.45) is 0 Å². The minimum atomic E-state index is -0.409. The van der Waals surface area contributed by atoms with Crippen molar-refractivity contribution in [3.8, 4) is 0 Å². The molecule has 0 saturated carbocycles. The van der Waals surface area contributed by atoms with Crippen LogP contribution in [0.1, 0.15) is 25.7 Å². The molecule has 2 aromatic rings. The number of aromatic nitrogens is 1. The van der Waals surface area contributed by atoms with Crippen molar-refractivity contribution < 1.29 is 14.4 Å². The van der Waals surface area contributed by atoms with Crippen LogP contribution in [-0.2, 0) is 11.2 Å². The van der Waals surface area contributed by atoms with E-state index in [0.717, 1.165) is 9.78 Å². The Morgan fingerprint density at radius 3 is 2.82 bits per heavy atom. The van der Waals surface area contributed by atoms with Gasteiger partial charge in [0.05, 0.1) is 12.0 Å². The predicted octanol–water partition coefficient (Wildman–Crippen LogP) is 1.10. The Bertz CT molecular complexity index is 692. The fraction of sp³-hybridized carbons (Fsp3) is 0.200. The van der Waals surface area contributed by atoms with Gasteiger partial charge in [-0.3, -0.25) is 24.3 Å². The molecule has 0 fully saturated rings. The number of pyridine rings is 1. The number of hydrogen-bond donors (Lipinski definition) is 1. The van der Waals surface area contributed by atoms with E-state index in [0.29, 0.717) is 12.0 Å². The summed E-state index contributed by atoms with van der Waals surface area (Å²) in [7, 11) is 0. The number of nitrogens with zero attached hydrogens (tertiary/aromatic N) is 2. The van der Waals surface area contributed by atoms with E-state index in [1.54, 1.807) is 12.1 Å². The van der Waals surface area contributed by atoms with Crippen LogP contribution in [0.2, 0.25) is 0 Å². The van der Waals surface area contributed by atoms with Crippen molar-refractivity contribution in [2.45, 2.75) is 6.42 Å². The van der Waals surface area contributed by atoms with Crippen LogP contribution in [-0.4, -0.2) is 40.7 Å². The highest BCUT2D eigenvalue weighted by Gasteiger charge is 2.36. The number of rotatable bonds is 5. The molecule has 7 heteroatoms. The molecule has 0 aliphatic carbocycles. The molecule has 1 aliphatic rings. The second-order valence-electron chi connectivity index (χ2n) is 4.77. The third-order valence-electron chi connectivity index (χ3n) is 3.30.